The lowest BCUT2D eigenvalue weighted by molar-refractivity contribution is 0.216. The minimum absolute atomic E-state index is 0.495. The van der Waals surface area contributed by atoms with Crippen LogP contribution in [0.4, 0.5) is 0 Å². The van der Waals surface area contributed by atoms with Gasteiger partial charge in [0.15, 0.2) is 25.0 Å². The number of unbranched alkanes of at least 4 members (excludes halogenated alkanes) is 8. The van der Waals surface area contributed by atoms with Crippen LogP contribution in [0.2, 0.25) is 55.9 Å². The molecule has 0 aromatic carbocycles. The predicted molar refractivity (Wildman–Crippen MR) is 219 cm³/mol. The van der Waals surface area contributed by atoms with Crippen molar-refractivity contribution in [2.75, 3.05) is 0 Å². The van der Waals surface area contributed by atoms with E-state index in [4.69, 9.17) is 12.3 Å². The molecule has 0 heterocycles. The lowest BCUT2D eigenvalue weighted by atomic mass is 10.1. The first-order valence-corrected chi connectivity index (χ1v) is 28.2. The van der Waals surface area contributed by atoms with E-state index in [2.05, 4.69) is 137 Å². The van der Waals surface area contributed by atoms with E-state index in [0.29, 0.717) is 49.9 Å². The van der Waals surface area contributed by atoms with Crippen LogP contribution < -0.4 is 0 Å². The van der Waals surface area contributed by atoms with Gasteiger partial charge in [-0.05, 0) is 69.1 Å². The van der Waals surface area contributed by atoms with E-state index in [1.165, 1.54) is 44.9 Å². The Morgan fingerprint density at radius 2 is 0.587 bits per heavy atom. The second kappa shape index (κ2) is 21.0. The van der Waals surface area contributed by atoms with Crippen molar-refractivity contribution < 1.29 is 12.3 Å². The second-order valence-electron chi connectivity index (χ2n) is 17.6. The molecule has 0 aromatic heterocycles. The van der Waals surface area contributed by atoms with Crippen molar-refractivity contribution in [3.05, 3.63) is 12.7 Å². The maximum Gasteiger partial charge on any atom is 0.469 e. The van der Waals surface area contributed by atoms with Crippen molar-refractivity contribution in [3.8, 4) is 0 Å². The first kappa shape index (κ1) is 46.5. The van der Waals surface area contributed by atoms with Gasteiger partial charge in [0.05, 0.1) is 0 Å². The normalized spacial score (nSPS) is 14.2. The lowest BCUT2D eigenvalue weighted by Crippen LogP contribution is -2.69. The quantitative estimate of drug-likeness (QED) is 0.0507. The fraction of sp³-hybridized carbons (Fsp3) is 0.949. The van der Waals surface area contributed by atoms with E-state index in [9.17, 15) is 0 Å². The zero-order valence-electron chi connectivity index (χ0n) is 34.8. The molecule has 0 bridgehead atoms. The second-order valence-corrected chi connectivity index (χ2v) is 37.4. The Hall–Kier alpha value is 0.488. The van der Waals surface area contributed by atoms with Crippen LogP contribution in [0.5, 0.6) is 0 Å². The first-order chi connectivity index (χ1) is 21.2. The van der Waals surface area contributed by atoms with E-state index < -0.39 is 33.8 Å². The molecule has 0 fully saturated rings. The Morgan fingerprint density at radius 1 is 0.370 bits per heavy atom. The third-order valence-corrected chi connectivity index (χ3v) is 36.9. The molecule has 0 saturated carbocycles. The van der Waals surface area contributed by atoms with Gasteiger partial charge in [0, 0.05) is 6.04 Å². The average Bonchev–Trinajstić information content (AvgIpc) is 2.92. The fourth-order valence-corrected chi connectivity index (χ4v) is 40.3. The molecule has 0 amide bonds. The lowest BCUT2D eigenvalue weighted by Gasteiger charge is -2.56. The van der Waals surface area contributed by atoms with Crippen LogP contribution in [0.15, 0.2) is 12.7 Å². The SMILES string of the molecule is C=CCCCCCCCCCC[Si](O[Si](C(C)C)(C(C)C)C(C)C)(O[Si](C(C)C)(C(C)C)C(C)C)O[Si](C(C)C)(C(C)C)C(C)C. The van der Waals surface area contributed by atoms with Crippen molar-refractivity contribution in [1.29, 1.82) is 0 Å². The minimum Gasteiger partial charge on any atom is -0.415 e. The maximum absolute atomic E-state index is 8.20. The molecule has 0 radical (unpaired) electrons. The molecule has 0 aromatic rings. The van der Waals surface area contributed by atoms with Gasteiger partial charge in [-0.1, -0.05) is 169 Å². The van der Waals surface area contributed by atoms with Gasteiger partial charge in [-0.3, -0.25) is 0 Å². The molecule has 46 heavy (non-hydrogen) atoms. The van der Waals surface area contributed by atoms with Crippen molar-refractivity contribution in [2.45, 2.75) is 238 Å². The Morgan fingerprint density at radius 3 is 0.804 bits per heavy atom. The number of hydrogen-bond acceptors (Lipinski definition) is 3. The molecule has 0 aliphatic heterocycles. The average molecular weight is 715 g/mol. The monoisotopic (exact) mass is 715 g/mol. The molecular formula is C39H86O3Si4. The molecular weight excluding hydrogens is 629 g/mol. The maximum atomic E-state index is 8.20. The van der Waals surface area contributed by atoms with Crippen LogP contribution in [0.3, 0.4) is 0 Å². The summed E-state index contributed by atoms with van der Waals surface area (Å²) in [4.78, 5) is 0. The van der Waals surface area contributed by atoms with Gasteiger partial charge in [-0.2, -0.15) is 0 Å². The topological polar surface area (TPSA) is 27.7 Å². The van der Waals surface area contributed by atoms with Gasteiger partial charge in [-0.25, -0.2) is 0 Å². The van der Waals surface area contributed by atoms with Crippen molar-refractivity contribution in [1.82, 2.24) is 0 Å². The predicted octanol–water partition coefficient (Wildman–Crippen LogP) is 15.2. The third kappa shape index (κ3) is 11.5. The first-order valence-electron chi connectivity index (χ1n) is 19.9. The van der Waals surface area contributed by atoms with Gasteiger partial charge in [-0.15, -0.1) is 6.58 Å². The molecule has 0 spiro atoms. The summed E-state index contributed by atoms with van der Waals surface area (Å²) in [6.07, 6.45) is 13.6. The minimum atomic E-state index is -3.18. The molecule has 0 aliphatic carbocycles. The molecule has 0 unspecified atom stereocenters. The summed E-state index contributed by atoms with van der Waals surface area (Å²) < 4.78 is 24.6. The molecule has 0 N–H and O–H groups in total. The van der Waals surface area contributed by atoms with Gasteiger partial charge >= 0.3 is 8.80 Å². The van der Waals surface area contributed by atoms with Gasteiger partial charge < -0.3 is 12.3 Å². The van der Waals surface area contributed by atoms with Crippen molar-refractivity contribution >= 4 is 33.8 Å². The summed E-state index contributed by atoms with van der Waals surface area (Å²) in [5.41, 5.74) is 4.45. The van der Waals surface area contributed by atoms with Crippen LogP contribution in [0, 0.1) is 0 Å². The van der Waals surface area contributed by atoms with E-state index in [0.717, 1.165) is 18.9 Å². The molecule has 3 nitrogen and oxygen atoms in total. The third-order valence-electron chi connectivity index (χ3n) is 11.8. The summed E-state index contributed by atoms with van der Waals surface area (Å²) in [6, 6.07) is 0.981. The van der Waals surface area contributed by atoms with E-state index in [1.54, 1.807) is 0 Å². The van der Waals surface area contributed by atoms with E-state index in [1.807, 2.05) is 0 Å². The Labute approximate surface area is 296 Å². The number of allylic oxidation sites excluding steroid dienone is 1. The molecule has 7 heteroatoms. The highest BCUT2D eigenvalue weighted by atomic mass is 28.5. The van der Waals surface area contributed by atoms with Gasteiger partial charge in [0.2, 0.25) is 0 Å². The summed E-state index contributed by atoms with van der Waals surface area (Å²) in [6.45, 7) is 47.8. The summed E-state index contributed by atoms with van der Waals surface area (Å²) in [5.74, 6) is 0. The summed E-state index contributed by atoms with van der Waals surface area (Å²) in [5, 5.41) is 0. The largest absolute Gasteiger partial charge is 0.469 e. The van der Waals surface area contributed by atoms with Crippen LogP contribution in [-0.2, 0) is 12.3 Å². The summed E-state index contributed by atoms with van der Waals surface area (Å²) >= 11 is 0. The number of hydrogen-bond donors (Lipinski definition) is 0. The van der Waals surface area contributed by atoms with E-state index >= 15 is 0 Å². The van der Waals surface area contributed by atoms with Crippen molar-refractivity contribution in [2.24, 2.45) is 0 Å². The molecule has 0 rings (SSSR count). The Kier molecular flexibility index (Phi) is 21.2. The van der Waals surface area contributed by atoms with Crippen LogP contribution >= 0.6 is 0 Å². The summed E-state index contributed by atoms with van der Waals surface area (Å²) in [7, 11) is -10.1. The van der Waals surface area contributed by atoms with Crippen LogP contribution in [-0.4, -0.2) is 33.8 Å². The van der Waals surface area contributed by atoms with Gasteiger partial charge in [0.1, 0.15) is 0 Å². The number of rotatable bonds is 26. The smallest absolute Gasteiger partial charge is 0.415 e. The van der Waals surface area contributed by atoms with Crippen molar-refractivity contribution in [3.63, 3.8) is 0 Å². The molecule has 0 aliphatic rings. The molecule has 0 atom stereocenters. The van der Waals surface area contributed by atoms with Crippen LogP contribution in [0.1, 0.15) is 182 Å². The standard InChI is InChI=1S/C39H86O3Si4/c1-20-21-22-23-24-25-26-27-28-29-30-43(40-44(31(2)3,32(4)5)33(6)7,41-45(34(8)9,35(10)11)36(12)13)42-46(37(14)15,38(16)17)39(18)19/h20,31-39H,1,21-30H2,2-19H3. The zero-order valence-corrected chi connectivity index (χ0v) is 38.8. The highest BCUT2D eigenvalue weighted by Gasteiger charge is 2.63. The Balaban J connectivity index is 7.29. The fourth-order valence-electron chi connectivity index (χ4n) is 9.78. The highest BCUT2D eigenvalue weighted by Crippen LogP contribution is 2.53. The van der Waals surface area contributed by atoms with E-state index in [-0.39, 0.29) is 0 Å². The molecule has 0 saturated heterocycles. The molecule has 276 valence electrons. The highest BCUT2D eigenvalue weighted by molar-refractivity contribution is 6.94. The zero-order chi connectivity index (χ0) is 36.1. The Bertz CT molecular complexity index is 671. The van der Waals surface area contributed by atoms with Crippen LogP contribution in [0.25, 0.3) is 0 Å². The van der Waals surface area contributed by atoms with Gasteiger partial charge in [0.25, 0.3) is 0 Å².